The van der Waals surface area contributed by atoms with Crippen LogP contribution in [0.4, 0.5) is 5.69 Å². The molecule has 1 atom stereocenters. The molecular formula is C15H20N4O2. The Morgan fingerprint density at radius 3 is 3.00 bits per heavy atom. The van der Waals surface area contributed by atoms with E-state index in [1.807, 2.05) is 18.2 Å². The number of amides is 1. The Kier molecular flexibility index (Phi) is 3.43. The molecule has 112 valence electrons. The average Bonchev–Trinajstić information content (AvgIpc) is 3.05. The summed E-state index contributed by atoms with van der Waals surface area (Å²) in [5.41, 5.74) is 7.32. The van der Waals surface area contributed by atoms with E-state index < -0.39 is 5.54 Å². The minimum atomic E-state index is -0.911. The predicted molar refractivity (Wildman–Crippen MR) is 80.9 cm³/mol. The molecule has 0 radical (unpaired) electrons. The number of nitrogens with one attached hydrogen (secondary N) is 2. The fraction of sp³-hybridized carbons (Fsp3) is 0.467. The Balaban J connectivity index is 1.84. The summed E-state index contributed by atoms with van der Waals surface area (Å²) in [4.78, 5) is 19.7. The van der Waals surface area contributed by atoms with Gasteiger partial charge >= 0.3 is 0 Å². The minimum absolute atomic E-state index is 0.0541. The van der Waals surface area contributed by atoms with E-state index in [-0.39, 0.29) is 12.0 Å². The van der Waals surface area contributed by atoms with Gasteiger partial charge in [-0.15, -0.1) is 0 Å². The van der Waals surface area contributed by atoms with Crippen molar-refractivity contribution >= 4 is 22.6 Å². The van der Waals surface area contributed by atoms with Crippen molar-refractivity contribution < 1.29 is 9.53 Å². The van der Waals surface area contributed by atoms with Crippen molar-refractivity contribution in [1.29, 1.82) is 0 Å². The van der Waals surface area contributed by atoms with Crippen molar-refractivity contribution in [1.82, 2.24) is 9.97 Å². The number of rotatable bonds is 3. The normalized spacial score (nSPS) is 19.1. The molecule has 1 amide bonds. The number of ether oxygens (including phenoxy) is 1. The molecule has 6 heteroatoms. The van der Waals surface area contributed by atoms with Gasteiger partial charge in [0.05, 0.1) is 16.6 Å². The number of nitrogens with zero attached hydrogens (tertiary/aromatic N) is 1. The summed E-state index contributed by atoms with van der Waals surface area (Å²) in [6.07, 6.45) is 2.11. The van der Waals surface area contributed by atoms with E-state index in [2.05, 4.69) is 15.3 Å². The van der Waals surface area contributed by atoms with Crippen molar-refractivity contribution in [2.75, 3.05) is 11.9 Å². The van der Waals surface area contributed by atoms with Crippen LogP contribution < -0.4 is 11.1 Å². The highest BCUT2D eigenvalue weighted by Gasteiger charge is 2.23. The van der Waals surface area contributed by atoms with Gasteiger partial charge in [0.2, 0.25) is 5.91 Å². The lowest BCUT2D eigenvalue weighted by molar-refractivity contribution is -0.120. The summed E-state index contributed by atoms with van der Waals surface area (Å²) < 4.78 is 5.63. The van der Waals surface area contributed by atoms with Gasteiger partial charge in [-0.1, -0.05) is 0 Å². The van der Waals surface area contributed by atoms with E-state index >= 15 is 0 Å². The van der Waals surface area contributed by atoms with Crippen LogP contribution in [0.1, 0.15) is 38.6 Å². The number of carbonyl (C=O) groups is 1. The van der Waals surface area contributed by atoms with Crippen molar-refractivity contribution in [2.45, 2.75) is 38.3 Å². The molecule has 3 rings (SSSR count). The predicted octanol–water partition coefficient (Wildman–Crippen LogP) is 2.09. The summed E-state index contributed by atoms with van der Waals surface area (Å²) in [5.74, 6) is 0.630. The lowest BCUT2D eigenvalue weighted by Gasteiger charge is -2.17. The maximum absolute atomic E-state index is 11.9. The number of hydrogen-bond donors (Lipinski definition) is 3. The first-order valence-corrected chi connectivity index (χ1v) is 7.15. The first-order valence-electron chi connectivity index (χ1n) is 7.15. The molecule has 21 heavy (non-hydrogen) atoms. The molecule has 0 saturated carbocycles. The van der Waals surface area contributed by atoms with Crippen LogP contribution in [0, 0.1) is 0 Å². The Hall–Kier alpha value is -1.92. The summed E-state index contributed by atoms with van der Waals surface area (Å²) >= 11 is 0. The maximum atomic E-state index is 11.9. The van der Waals surface area contributed by atoms with Crippen molar-refractivity contribution in [3.63, 3.8) is 0 Å². The zero-order chi connectivity index (χ0) is 15.0. The molecule has 1 unspecified atom stereocenters. The second-order valence-electron chi connectivity index (χ2n) is 6.03. The molecule has 6 nitrogen and oxygen atoms in total. The highest BCUT2D eigenvalue weighted by molar-refractivity contribution is 5.98. The summed E-state index contributed by atoms with van der Waals surface area (Å²) in [7, 11) is 0. The first kappa shape index (κ1) is 14.0. The number of benzene rings is 1. The molecule has 0 aliphatic carbocycles. The lowest BCUT2D eigenvalue weighted by Crippen LogP contribution is -2.45. The number of fused-ring (bicyclic) bond motifs is 1. The fourth-order valence-corrected chi connectivity index (χ4v) is 2.35. The zero-order valence-electron chi connectivity index (χ0n) is 12.3. The Labute approximate surface area is 123 Å². The molecule has 0 bridgehead atoms. The van der Waals surface area contributed by atoms with Gasteiger partial charge in [-0.3, -0.25) is 4.79 Å². The molecule has 1 fully saturated rings. The molecule has 1 aromatic carbocycles. The van der Waals surface area contributed by atoms with Crippen LogP contribution in [0.2, 0.25) is 0 Å². The molecule has 1 saturated heterocycles. The third-order valence-corrected chi connectivity index (χ3v) is 3.58. The molecule has 1 aliphatic rings. The van der Waals surface area contributed by atoms with Crippen LogP contribution in [0.3, 0.4) is 0 Å². The Morgan fingerprint density at radius 1 is 1.52 bits per heavy atom. The SMILES string of the molecule is CC(C)(N)C(=O)Nc1ccc2nc(C3CCCO3)[nH]c2c1. The summed E-state index contributed by atoms with van der Waals surface area (Å²) in [6.45, 7) is 4.13. The van der Waals surface area contributed by atoms with Crippen LogP contribution in [0.25, 0.3) is 11.0 Å². The van der Waals surface area contributed by atoms with E-state index in [9.17, 15) is 4.79 Å². The highest BCUT2D eigenvalue weighted by Crippen LogP contribution is 2.28. The Morgan fingerprint density at radius 2 is 2.33 bits per heavy atom. The van der Waals surface area contributed by atoms with Gasteiger partial charge in [0.1, 0.15) is 11.9 Å². The van der Waals surface area contributed by atoms with Crippen LogP contribution in [0.15, 0.2) is 18.2 Å². The zero-order valence-corrected chi connectivity index (χ0v) is 12.3. The standard InChI is InChI=1S/C15H20N4O2/c1-15(2,16)14(20)17-9-5-6-10-11(8-9)19-13(18-10)12-4-3-7-21-12/h5-6,8,12H,3-4,7,16H2,1-2H3,(H,17,20)(H,18,19). The molecule has 0 spiro atoms. The molecular weight excluding hydrogens is 268 g/mol. The summed E-state index contributed by atoms with van der Waals surface area (Å²) in [6, 6.07) is 5.57. The number of imidazole rings is 1. The van der Waals surface area contributed by atoms with E-state index in [1.54, 1.807) is 13.8 Å². The third kappa shape index (κ3) is 2.91. The molecule has 2 aromatic rings. The average molecular weight is 288 g/mol. The number of hydrogen-bond acceptors (Lipinski definition) is 4. The molecule has 4 N–H and O–H groups in total. The lowest BCUT2D eigenvalue weighted by atomic mass is 10.1. The molecule has 1 aliphatic heterocycles. The highest BCUT2D eigenvalue weighted by atomic mass is 16.5. The maximum Gasteiger partial charge on any atom is 0.243 e. The van der Waals surface area contributed by atoms with Gasteiger partial charge < -0.3 is 20.8 Å². The van der Waals surface area contributed by atoms with Gasteiger partial charge in [0.25, 0.3) is 0 Å². The number of nitrogens with two attached hydrogens (primary N) is 1. The van der Waals surface area contributed by atoms with Crippen LogP contribution in [0.5, 0.6) is 0 Å². The van der Waals surface area contributed by atoms with Crippen molar-refractivity contribution in [2.24, 2.45) is 5.73 Å². The van der Waals surface area contributed by atoms with Gasteiger partial charge in [0.15, 0.2) is 0 Å². The van der Waals surface area contributed by atoms with Crippen LogP contribution >= 0.6 is 0 Å². The number of anilines is 1. The number of H-pyrrole nitrogens is 1. The Bertz CT molecular complexity index is 666. The quantitative estimate of drug-likeness (QED) is 0.806. The minimum Gasteiger partial charge on any atom is -0.370 e. The van der Waals surface area contributed by atoms with E-state index in [4.69, 9.17) is 10.5 Å². The number of aromatic amines is 1. The third-order valence-electron chi connectivity index (χ3n) is 3.58. The second kappa shape index (κ2) is 5.13. The monoisotopic (exact) mass is 288 g/mol. The largest absolute Gasteiger partial charge is 0.370 e. The van der Waals surface area contributed by atoms with Gasteiger partial charge in [-0.25, -0.2) is 4.98 Å². The first-order chi connectivity index (χ1) is 9.93. The van der Waals surface area contributed by atoms with E-state index in [0.29, 0.717) is 5.69 Å². The fourth-order valence-electron chi connectivity index (χ4n) is 2.35. The topological polar surface area (TPSA) is 93.0 Å². The number of carbonyl (C=O) groups excluding carboxylic acids is 1. The number of aromatic nitrogens is 2. The van der Waals surface area contributed by atoms with Gasteiger partial charge in [-0.05, 0) is 44.9 Å². The van der Waals surface area contributed by atoms with Crippen molar-refractivity contribution in [3.05, 3.63) is 24.0 Å². The van der Waals surface area contributed by atoms with E-state index in [1.165, 1.54) is 0 Å². The van der Waals surface area contributed by atoms with Crippen LogP contribution in [-0.4, -0.2) is 28.0 Å². The van der Waals surface area contributed by atoms with Gasteiger partial charge in [-0.2, -0.15) is 0 Å². The van der Waals surface area contributed by atoms with Crippen LogP contribution in [-0.2, 0) is 9.53 Å². The summed E-state index contributed by atoms with van der Waals surface area (Å²) in [5, 5.41) is 2.81. The van der Waals surface area contributed by atoms with E-state index in [0.717, 1.165) is 36.3 Å². The smallest absolute Gasteiger partial charge is 0.243 e. The van der Waals surface area contributed by atoms with Crippen molar-refractivity contribution in [3.8, 4) is 0 Å². The van der Waals surface area contributed by atoms with Gasteiger partial charge in [0, 0.05) is 12.3 Å². The molecule has 1 aromatic heterocycles. The molecule has 2 heterocycles. The second-order valence-corrected chi connectivity index (χ2v) is 6.03.